The number of hydrogen-bond acceptors (Lipinski definition) is 5. The molecule has 0 saturated heterocycles. The summed E-state index contributed by atoms with van der Waals surface area (Å²) in [6, 6.07) is 15.0. The van der Waals surface area contributed by atoms with Crippen molar-refractivity contribution in [2.75, 3.05) is 12.3 Å². The van der Waals surface area contributed by atoms with Gasteiger partial charge >= 0.3 is 0 Å². The normalized spacial score (nSPS) is 14.3. The highest BCUT2D eigenvalue weighted by Crippen LogP contribution is 2.33. The molecule has 0 spiro atoms. The van der Waals surface area contributed by atoms with E-state index in [1.165, 1.54) is 22.7 Å². The molecule has 3 aromatic rings. The molecular formula is C18H19NO3S3. The van der Waals surface area contributed by atoms with Crippen molar-refractivity contribution in [1.82, 2.24) is 4.72 Å². The summed E-state index contributed by atoms with van der Waals surface area (Å²) in [6.45, 7) is -0.0820. The molecule has 0 amide bonds. The molecule has 0 bridgehead atoms. The third-order valence-electron chi connectivity index (χ3n) is 3.98. The van der Waals surface area contributed by atoms with E-state index < -0.39 is 15.6 Å². The molecule has 0 radical (unpaired) electrons. The molecule has 0 fully saturated rings. The van der Waals surface area contributed by atoms with E-state index in [1.807, 2.05) is 64.7 Å². The van der Waals surface area contributed by atoms with Crippen LogP contribution >= 0.6 is 22.7 Å². The van der Waals surface area contributed by atoms with E-state index in [0.29, 0.717) is 12.0 Å². The Morgan fingerprint density at radius 1 is 1.04 bits per heavy atom. The second kappa shape index (κ2) is 7.80. The van der Waals surface area contributed by atoms with Gasteiger partial charge in [-0.1, -0.05) is 36.4 Å². The van der Waals surface area contributed by atoms with Crippen LogP contribution in [0.2, 0.25) is 0 Å². The zero-order valence-electron chi connectivity index (χ0n) is 13.5. The molecule has 2 aromatic heterocycles. The average Bonchev–Trinajstić information content (AvgIpc) is 3.33. The van der Waals surface area contributed by atoms with Crippen LogP contribution in [-0.4, -0.2) is 25.8 Å². The lowest BCUT2D eigenvalue weighted by atomic mass is 9.95. The summed E-state index contributed by atoms with van der Waals surface area (Å²) in [5, 5.41) is 16.8. The molecule has 0 aliphatic rings. The Labute approximate surface area is 155 Å². The minimum atomic E-state index is -3.50. The first kappa shape index (κ1) is 18.3. The van der Waals surface area contributed by atoms with Gasteiger partial charge in [0, 0.05) is 17.0 Å². The minimum absolute atomic E-state index is 0.0127. The zero-order valence-corrected chi connectivity index (χ0v) is 15.9. The van der Waals surface area contributed by atoms with Crippen LogP contribution in [0.15, 0.2) is 64.7 Å². The lowest BCUT2D eigenvalue weighted by Crippen LogP contribution is -2.41. The summed E-state index contributed by atoms with van der Waals surface area (Å²) < 4.78 is 27.3. The van der Waals surface area contributed by atoms with Crippen LogP contribution < -0.4 is 4.72 Å². The van der Waals surface area contributed by atoms with E-state index in [1.54, 1.807) is 0 Å². The number of sulfonamides is 1. The first-order chi connectivity index (χ1) is 12.0. The van der Waals surface area contributed by atoms with Crippen molar-refractivity contribution < 1.29 is 13.5 Å². The highest BCUT2D eigenvalue weighted by molar-refractivity contribution is 7.89. The molecule has 1 atom stereocenters. The molecule has 2 N–H and O–H groups in total. The molecular weight excluding hydrogens is 374 g/mol. The van der Waals surface area contributed by atoms with Gasteiger partial charge in [0.2, 0.25) is 10.0 Å². The Morgan fingerprint density at radius 2 is 1.84 bits per heavy atom. The van der Waals surface area contributed by atoms with Crippen molar-refractivity contribution in [2.45, 2.75) is 12.0 Å². The van der Waals surface area contributed by atoms with Crippen molar-refractivity contribution in [3.05, 3.63) is 80.7 Å². The molecule has 132 valence electrons. The van der Waals surface area contributed by atoms with Gasteiger partial charge in [0.05, 0.1) is 5.75 Å². The second-order valence-corrected chi connectivity index (χ2v) is 9.38. The molecule has 0 aliphatic heterocycles. The number of aryl methyl sites for hydroxylation is 1. The fourth-order valence-corrected chi connectivity index (χ4v) is 5.18. The zero-order chi connectivity index (χ0) is 17.8. The van der Waals surface area contributed by atoms with Gasteiger partial charge in [-0.05, 0) is 40.3 Å². The average molecular weight is 394 g/mol. The molecule has 0 aliphatic carbocycles. The van der Waals surface area contributed by atoms with Crippen LogP contribution in [-0.2, 0) is 22.0 Å². The third-order valence-corrected chi connectivity index (χ3v) is 7.01. The predicted molar refractivity (Wildman–Crippen MR) is 104 cm³/mol. The SMILES string of the molecule is O=S(=O)(CCc1ccccc1)NCC(O)(c1ccsc1)c1cccs1. The molecule has 1 aromatic carbocycles. The van der Waals surface area contributed by atoms with Gasteiger partial charge in [-0.15, -0.1) is 11.3 Å². The lowest BCUT2D eigenvalue weighted by Gasteiger charge is -2.26. The van der Waals surface area contributed by atoms with Gasteiger partial charge in [-0.25, -0.2) is 13.1 Å². The van der Waals surface area contributed by atoms with Crippen LogP contribution in [0.5, 0.6) is 0 Å². The summed E-state index contributed by atoms with van der Waals surface area (Å²) in [4.78, 5) is 0.719. The van der Waals surface area contributed by atoms with Gasteiger partial charge in [0.15, 0.2) is 0 Å². The summed E-state index contributed by atoms with van der Waals surface area (Å²) in [7, 11) is -3.50. The topological polar surface area (TPSA) is 66.4 Å². The van der Waals surface area contributed by atoms with Gasteiger partial charge in [-0.3, -0.25) is 0 Å². The van der Waals surface area contributed by atoms with E-state index in [-0.39, 0.29) is 12.3 Å². The Balaban J connectivity index is 1.71. The van der Waals surface area contributed by atoms with Crippen LogP contribution in [0.4, 0.5) is 0 Å². The molecule has 4 nitrogen and oxygen atoms in total. The van der Waals surface area contributed by atoms with Crippen LogP contribution in [0.1, 0.15) is 16.0 Å². The molecule has 2 heterocycles. The number of aliphatic hydroxyl groups is 1. The fraction of sp³-hybridized carbons (Fsp3) is 0.222. The Bertz CT molecular complexity index is 839. The Hall–Kier alpha value is -1.51. The molecule has 1 unspecified atom stereocenters. The van der Waals surface area contributed by atoms with E-state index in [2.05, 4.69) is 4.72 Å². The number of rotatable bonds is 8. The number of thiophene rings is 2. The molecule has 0 saturated carbocycles. The minimum Gasteiger partial charge on any atom is -0.378 e. The third kappa shape index (κ3) is 4.56. The highest BCUT2D eigenvalue weighted by atomic mass is 32.2. The van der Waals surface area contributed by atoms with Crippen molar-refractivity contribution in [1.29, 1.82) is 0 Å². The fourth-order valence-electron chi connectivity index (χ4n) is 2.53. The highest BCUT2D eigenvalue weighted by Gasteiger charge is 2.34. The summed E-state index contributed by atoms with van der Waals surface area (Å²) in [5.74, 6) is -0.0127. The maximum atomic E-state index is 12.4. The summed E-state index contributed by atoms with van der Waals surface area (Å²) in [5.41, 5.74) is 0.318. The van der Waals surface area contributed by atoms with Crippen molar-refractivity contribution in [3.8, 4) is 0 Å². The molecule has 7 heteroatoms. The van der Waals surface area contributed by atoms with E-state index in [9.17, 15) is 13.5 Å². The molecule has 25 heavy (non-hydrogen) atoms. The standard InChI is InChI=1S/C18H19NO3S3/c20-18(16-8-11-23-13-16,17-7-4-10-24-17)14-19-25(21,22)12-9-15-5-2-1-3-6-15/h1-8,10-11,13,19-20H,9,12,14H2. The van der Waals surface area contributed by atoms with Gasteiger partial charge in [0.1, 0.15) is 5.60 Å². The van der Waals surface area contributed by atoms with Crippen molar-refractivity contribution in [3.63, 3.8) is 0 Å². The van der Waals surface area contributed by atoms with E-state index >= 15 is 0 Å². The first-order valence-electron chi connectivity index (χ1n) is 7.80. The monoisotopic (exact) mass is 393 g/mol. The smallest absolute Gasteiger partial charge is 0.212 e. The molecule has 3 rings (SSSR count). The summed E-state index contributed by atoms with van der Waals surface area (Å²) in [6.07, 6.45) is 0.437. The quantitative estimate of drug-likeness (QED) is 0.618. The Kier molecular flexibility index (Phi) is 5.71. The van der Waals surface area contributed by atoms with Gasteiger partial charge in [0.25, 0.3) is 0 Å². The second-order valence-electron chi connectivity index (χ2n) is 5.73. The number of nitrogens with one attached hydrogen (secondary N) is 1. The number of benzene rings is 1. The van der Waals surface area contributed by atoms with Crippen molar-refractivity contribution in [2.24, 2.45) is 0 Å². The Morgan fingerprint density at radius 3 is 2.48 bits per heavy atom. The first-order valence-corrected chi connectivity index (χ1v) is 11.3. The predicted octanol–water partition coefficient (Wildman–Crippen LogP) is 3.21. The maximum absolute atomic E-state index is 12.4. The van der Waals surface area contributed by atoms with E-state index in [4.69, 9.17) is 0 Å². The van der Waals surface area contributed by atoms with Crippen molar-refractivity contribution >= 4 is 32.7 Å². The summed E-state index contributed by atoms with van der Waals surface area (Å²) >= 11 is 2.88. The van der Waals surface area contributed by atoms with E-state index in [0.717, 1.165) is 10.4 Å². The van der Waals surface area contributed by atoms with Gasteiger partial charge < -0.3 is 5.11 Å². The maximum Gasteiger partial charge on any atom is 0.212 e. The van der Waals surface area contributed by atoms with Crippen LogP contribution in [0, 0.1) is 0 Å². The number of hydrogen-bond donors (Lipinski definition) is 2. The van der Waals surface area contributed by atoms with Crippen LogP contribution in [0.3, 0.4) is 0 Å². The van der Waals surface area contributed by atoms with Crippen LogP contribution in [0.25, 0.3) is 0 Å². The van der Waals surface area contributed by atoms with Gasteiger partial charge in [-0.2, -0.15) is 11.3 Å². The largest absolute Gasteiger partial charge is 0.378 e. The lowest BCUT2D eigenvalue weighted by molar-refractivity contribution is 0.0903.